The Morgan fingerprint density at radius 3 is 3.16 bits per heavy atom. The molecule has 0 aliphatic carbocycles. The summed E-state index contributed by atoms with van der Waals surface area (Å²) in [5, 5.41) is 15.3. The summed E-state index contributed by atoms with van der Waals surface area (Å²) >= 11 is 1.67. The summed E-state index contributed by atoms with van der Waals surface area (Å²) < 4.78 is 11.1. The molecule has 0 amide bonds. The first-order valence-electron chi connectivity index (χ1n) is 6.75. The first kappa shape index (κ1) is 14.9. The summed E-state index contributed by atoms with van der Waals surface area (Å²) in [5.41, 5.74) is -0.0330. The molecule has 0 bridgehead atoms. The van der Waals surface area contributed by atoms with E-state index in [1.54, 1.807) is 11.3 Å². The highest BCUT2D eigenvalue weighted by Crippen LogP contribution is 2.24. The molecular weight excluding hydrogens is 262 g/mol. The van der Waals surface area contributed by atoms with Gasteiger partial charge >= 0.3 is 0 Å². The lowest BCUT2D eigenvalue weighted by Crippen LogP contribution is -2.50. The maximum absolute atomic E-state index is 9.91. The topological polar surface area (TPSA) is 50.7 Å². The van der Waals surface area contributed by atoms with Crippen LogP contribution in [0.2, 0.25) is 0 Å². The van der Waals surface area contributed by atoms with Crippen molar-refractivity contribution in [1.82, 2.24) is 5.32 Å². The molecule has 19 heavy (non-hydrogen) atoms. The number of nitrogens with one attached hydrogen (secondary N) is 1. The molecule has 1 fully saturated rings. The van der Waals surface area contributed by atoms with Crippen LogP contribution in [0, 0.1) is 0 Å². The van der Waals surface area contributed by atoms with E-state index in [0.29, 0.717) is 19.8 Å². The fourth-order valence-corrected chi connectivity index (χ4v) is 2.81. The van der Waals surface area contributed by atoms with E-state index in [0.717, 1.165) is 13.0 Å². The van der Waals surface area contributed by atoms with Gasteiger partial charge in [-0.3, -0.25) is 0 Å². The van der Waals surface area contributed by atoms with Gasteiger partial charge in [0.05, 0.1) is 25.4 Å². The number of thiophene rings is 1. The molecular formula is C14H23NO3S. The van der Waals surface area contributed by atoms with Crippen molar-refractivity contribution in [1.29, 1.82) is 0 Å². The van der Waals surface area contributed by atoms with Crippen LogP contribution in [0.5, 0.6) is 0 Å². The lowest BCUT2D eigenvalue weighted by Gasteiger charge is -2.30. The molecule has 1 aromatic heterocycles. The number of hydrogen-bond donors (Lipinski definition) is 2. The Kier molecular flexibility index (Phi) is 5.36. The third-order valence-corrected chi connectivity index (χ3v) is 4.61. The minimum Gasteiger partial charge on any atom is -0.389 e. The van der Waals surface area contributed by atoms with Crippen molar-refractivity contribution in [3.63, 3.8) is 0 Å². The van der Waals surface area contributed by atoms with Gasteiger partial charge in [-0.25, -0.2) is 0 Å². The van der Waals surface area contributed by atoms with Gasteiger partial charge < -0.3 is 19.9 Å². The van der Waals surface area contributed by atoms with Crippen molar-refractivity contribution < 1.29 is 14.6 Å². The first-order chi connectivity index (χ1) is 9.10. The summed E-state index contributed by atoms with van der Waals surface area (Å²) in [5.74, 6) is 0. The molecule has 4 nitrogen and oxygen atoms in total. The monoisotopic (exact) mass is 285 g/mol. The third kappa shape index (κ3) is 4.26. The van der Waals surface area contributed by atoms with E-state index in [1.165, 1.54) is 4.88 Å². The predicted molar refractivity (Wildman–Crippen MR) is 76.4 cm³/mol. The van der Waals surface area contributed by atoms with Gasteiger partial charge in [0.1, 0.15) is 0 Å². The molecule has 5 heteroatoms. The summed E-state index contributed by atoms with van der Waals surface area (Å²) in [6.07, 6.45) is 0.688. The van der Waals surface area contributed by atoms with Gasteiger partial charge in [0, 0.05) is 23.6 Å². The zero-order chi connectivity index (χ0) is 13.7. The van der Waals surface area contributed by atoms with Gasteiger partial charge in [0.15, 0.2) is 0 Å². The molecule has 0 spiro atoms. The Bertz CT molecular complexity index is 371. The molecule has 2 N–H and O–H groups in total. The van der Waals surface area contributed by atoms with Crippen LogP contribution in [0.4, 0.5) is 0 Å². The van der Waals surface area contributed by atoms with Gasteiger partial charge in [-0.1, -0.05) is 6.07 Å². The predicted octanol–water partition coefficient (Wildman–Crippen LogP) is 1.78. The van der Waals surface area contributed by atoms with Crippen LogP contribution in [0.15, 0.2) is 17.5 Å². The number of aliphatic hydroxyl groups excluding tert-OH is 1. The van der Waals surface area contributed by atoms with Crippen molar-refractivity contribution >= 4 is 11.3 Å². The maximum atomic E-state index is 9.91. The molecule has 0 radical (unpaired) electrons. The highest BCUT2D eigenvalue weighted by Gasteiger charge is 2.36. The number of ether oxygens (including phenoxy) is 2. The van der Waals surface area contributed by atoms with Crippen molar-refractivity contribution in [3.8, 4) is 0 Å². The molecule has 2 heterocycles. The Morgan fingerprint density at radius 2 is 2.53 bits per heavy atom. The summed E-state index contributed by atoms with van der Waals surface area (Å²) in [6, 6.07) is 4.04. The summed E-state index contributed by atoms with van der Waals surface area (Å²) in [4.78, 5) is 1.19. The number of hydrogen-bond acceptors (Lipinski definition) is 5. The van der Waals surface area contributed by atoms with Crippen molar-refractivity contribution in [2.24, 2.45) is 0 Å². The van der Waals surface area contributed by atoms with E-state index < -0.39 is 6.10 Å². The van der Waals surface area contributed by atoms with Crippen LogP contribution in [0.25, 0.3) is 0 Å². The van der Waals surface area contributed by atoms with E-state index >= 15 is 0 Å². The number of β-amino-alcohol motifs (C(OH)–C–C–N with tert-alkyl or cyclic N) is 1. The molecule has 1 aromatic rings. The normalized spacial score (nSPS) is 28.7. The van der Waals surface area contributed by atoms with Gasteiger partial charge in [-0.05, 0) is 31.7 Å². The van der Waals surface area contributed by atoms with E-state index in [1.807, 2.05) is 17.5 Å². The zero-order valence-electron chi connectivity index (χ0n) is 11.6. The van der Waals surface area contributed by atoms with Crippen molar-refractivity contribution in [2.75, 3.05) is 19.8 Å². The number of rotatable bonds is 7. The lowest BCUT2D eigenvalue weighted by molar-refractivity contribution is 0.0217. The molecule has 0 saturated carbocycles. The second-order valence-electron chi connectivity index (χ2n) is 5.31. The fourth-order valence-electron chi connectivity index (χ4n) is 2.17. The summed E-state index contributed by atoms with van der Waals surface area (Å²) in [7, 11) is 0. The molecule has 1 aliphatic rings. The van der Waals surface area contributed by atoms with Crippen LogP contribution in [0.1, 0.15) is 25.1 Å². The van der Waals surface area contributed by atoms with Gasteiger partial charge in [0.2, 0.25) is 0 Å². The van der Waals surface area contributed by atoms with Crippen molar-refractivity contribution in [3.05, 3.63) is 22.4 Å². The lowest BCUT2D eigenvalue weighted by atomic mass is 9.94. The second kappa shape index (κ2) is 6.81. The average molecular weight is 285 g/mol. The van der Waals surface area contributed by atoms with Crippen LogP contribution in [-0.2, 0) is 16.1 Å². The second-order valence-corrected chi connectivity index (χ2v) is 6.34. The minimum atomic E-state index is -0.482. The molecule has 1 saturated heterocycles. The van der Waals surface area contributed by atoms with Gasteiger partial charge in [0.25, 0.3) is 0 Å². The van der Waals surface area contributed by atoms with Crippen LogP contribution in [0.3, 0.4) is 0 Å². The molecule has 1 aliphatic heterocycles. The van der Waals surface area contributed by atoms with Crippen LogP contribution >= 0.6 is 11.3 Å². The van der Waals surface area contributed by atoms with Gasteiger partial charge in [-0.15, -0.1) is 11.3 Å². The molecule has 3 unspecified atom stereocenters. The largest absolute Gasteiger partial charge is 0.389 e. The van der Waals surface area contributed by atoms with Crippen molar-refractivity contribution in [2.45, 2.75) is 44.6 Å². The number of aliphatic hydroxyl groups is 1. The van der Waals surface area contributed by atoms with E-state index in [9.17, 15) is 5.11 Å². The molecule has 3 atom stereocenters. The van der Waals surface area contributed by atoms with Crippen LogP contribution < -0.4 is 5.32 Å². The molecule has 0 aromatic carbocycles. The van der Waals surface area contributed by atoms with E-state index in [-0.39, 0.29) is 11.6 Å². The first-order valence-corrected chi connectivity index (χ1v) is 7.63. The average Bonchev–Trinajstić information content (AvgIpc) is 2.99. The highest BCUT2D eigenvalue weighted by molar-refractivity contribution is 7.09. The Morgan fingerprint density at radius 1 is 1.68 bits per heavy atom. The SMILES string of the molecule is CC1OCCC1(C)NCC(O)COCc1cccs1. The minimum absolute atomic E-state index is 0.0330. The standard InChI is InChI=1S/C14H23NO3S/c1-11-14(2,5-6-18-11)15-8-12(16)9-17-10-13-4-3-7-19-13/h3-4,7,11-12,15-16H,5-6,8-10H2,1-2H3. The molecule has 2 rings (SSSR count). The fraction of sp³-hybridized carbons (Fsp3) is 0.714. The van der Waals surface area contributed by atoms with E-state index in [4.69, 9.17) is 9.47 Å². The smallest absolute Gasteiger partial charge is 0.0898 e. The van der Waals surface area contributed by atoms with Crippen LogP contribution in [-0.4, -0.2) is 42.6 Å². The van der Waals surface area contributed by atoms with Gasteiger partial charge in [-0.2, -0.15) is 0 Å². The van der Waals surface area contributed by atoms with E-state index in [2.05, 4.69) is 19.2 Å². The molecule has 108 valence electrons. The zero-order valence-corrected chi connectivity index (χ0v) is 12.4. The Hall–Kier alpha value is -0.460. The maximum Gasteiger partial charge on any atom is 0.0898 e. The highest BCUT2D eigenvalue weighted by atomic mass is 32.1. The third-order valence-electron chi connectivity index (χ3n) is 3.76. The Balaban J connectivity index is 1.63. The quantitative estimate of drug-likeness (QED) is 0.802. The summed E-state index contributed by atoms with van der Waals surface area (Å²) in [6.45, 7) is 6.47. The Labute approximate surface area is 118 Å².